The fourth-order valence-corrected chi connectivity index (χ4v) is 2.52. The van der Waals surface area contributed by atoms with Crippen molar-refractivity contribution < 1.29 is 4.74 Å². The quantitative estimate of drug-likeness (QED) is 0.862. The average molecular weight is 248 g/mol. The van der Waals surface area contributed by atoms with Gasteiger partial charge in [-0.3, -0.25) is 0 Å². The van der Waals surface area contributed by atoms with E-state index in [0.717, 1.165) is 24.6 Å². The van der Waals surface area contributed by atoms with E-state index in [1.165, 1.54) is 0 Å². The van der Waals surface area contributed by atoms with Crippen molar-refractivity contribution in [3.05, 3.63) is 18.3 Å². The number of aromatic nitrogens is 1. The molecular weight excluding hydrogens is 224 g/mol. The standard InChI is InChI=1S/C15H24N2O/c1-6-10-18-11-8-7-9-16-12(11)17-13-14(2,3)15(13,4)5/h7-9,13H,6,10H2,1-5H3,(H,16,17). The zero-order chi connectivity index (χ0) is 13.4. The maximum Gasteiger partial charge on any atom is 0.169 e. The summed E-state index contributed by atoms with van der Waals surface area (Å²) in [6.07, 6.45) is 2.82. The van der Waals surface area contributed by atoms with E-state index < -0.39 is 0 Å². The first-order valence-corrected chi connectivity index (χ1v) is 6.75. The lowest BCUT2D eigenvalue weighted by Gasteiger charge is -2.12. The predicted molar refractivity (Wildman–Crippen MR) is 75.0 cm³/mol. The van der Waals surface area contributed by atoms with Gasteiger partial charge in [0, 0.05) is 12.2 Å². The molecular formula is C15H24N2O. The second-order valence-electron chi connectivity index (χ2n) is 6.22. The molecule has 1 aromatic rings. The molecule has 0 aliphatic heterocycles. The predicted octanol–water partition coefficient (Wildman–Crippen LogP) is 3.72. The molecule has 3 heteroatoms. The van der Waals surface area contributed by atoms with Crippen LogP contribution in [-0.2, 0) is 0 Å². The van der Waals surface area contributed by atoms with E-state index in [4.69, 9.17) is 4.74 Å². The minimum absolute atomic E-state index is 0.298. The Kier molecular flexibility index (Phi) is 3.26. The van der Waals surface area contributed by atoms with E-state index in [1.807, 2.05) is 18.3 Å². The molecule has 1 aliphatic carbocycles. The molecule has 1 heterocycles. The first-order chi connectivity index (χ1) is 8.41. The topological polar surface area (TPSA) is 34.1 Å². The van der Waals surface area contributed by atoms with Crippen LogP contribution in [0.2, 0.25) is 0 Å². The van der Waals surface area contributed by atoms with Crippen molar-refractivity contribution in [1.29, 1.82) is 0 Å². The summed E-state index contributed by atoms with van der Waals surface area (Å²) in [4.78, 5) is 4.41. The Hall–Kier alpha value is -1.25. The number of nitrogens with one attached hydrogen (secondary N) is 1. The van der Waals surface area contributed by atoms with Gasteiger partial charge in [-0.15, -0.1) is 0 Å². The van der Waals surface area contributed by atoms with Crippen LogP contribution in [0.25, 0.3) is 0 Å². The fraction of sp³-hybridized carbons (Fsp3) is 0.667. The van der Waals surface area contributed by atoms with Crippen molar-refractivity contribution in [1.82, 2.24) is 4.98 Å². The van der Waals surface area contributed by atoms with Crippen LogP contribution in [0.3, 0.4) is 0 Å². The van der Waals surface area contributed by atoms with Crippen LogP contribution in [-0.4, -0.2) is 17.6 Å². The van der Waals surface area contributed by atoms with Gasteiger partial charge in [-0.05, 0) is 29.4 Å². The summed E-state index contributed by atoms with van der Waals surface area (Å²) in [6.45, 7) is 12.0. The molecule has 0 aromatic carbocycles. The van der Waals surface area contributed by atoms with Gasteiger partial charge in [0.2, 0.25) is 0 Å². The van der Waals surface area contributed by atoms with E-state index in [2.05, 4.69) is 44.9 Å². The van der Waals surface area contributed by atoms with Crippen LogP contribution in [0.15, 0.2) is 18.3 Å². The molecule has 2 rings (SSSR count). The Morgan fingerprint density at radius 2 is 1.94 bits per heavy atom. The molecule has 0 atom stereocenters. The van der Waals surface area contributed by atoms with Gasteiger partial charge >= 0.3 is 0 Å². The molecule has 1 fully saturated rings. The van der Waals surface area contributed by atoms with Crippen LogP contribution in [0.5, 0.6) is 5.75 Å². The lowest BCUT2D eigenvalue weighted by Crippen LogP contribution is -2.12. The lowest BCUT2D eigenvalue weighted by atomic mass is 10.0. The number of anilines is 1. The van der Waals surface area contributed by atoms with Crippen LogP contribution >= 0.6 is 0 Å². The van der Waals surface area contributed by atoms with Crippen molar-refractivity contribution in [2.45, 2.75) is 47.1 Å². The monoisotopic (exact) mass is 248 g/mol. The second-order valence-corrected chi connectivity index (χ2v) is 6.22. The first-order valence-electron chi connectivity index (χ1n) is 6.75. The highest BCUT2D eigenvalue weighted by molar-refractivity contribution is 5.52. The molecule has 18 heavy (non-hydrogen) atoms. The zero-order valence-corrected chi connectivity index (χ0v) is 12.1. The van der Waals surface area contributed by atoms with E-state index in [1.54, 1.807) is 0 Å². The van der Waals surface area contributed by atoms with Crippen molar-refractivity contribution >= 4 is 5.82 Å². The summed E-state index contributed by atoms with van der Waals surface area (Å²) >= 11 is 0. The lowest BCUT2D eigenvalue weighted by molar-refractivity contribution is 0.317. The Labute approximate surface area is 110 Å². The number of hydrogen-bond acceptors (Lipinski definition) is 3. The van der Waals surface area contributed by atoms with Crippen LogP contribution in [0, 0.1) is 10.8 Å². The van der Waals surface area contributed by atoms with Gasteiger partial charge in [-0.1, -0.05) is 34.6 Å². The highest BCUT2D eigenvalue weighted by Crippen LogP contribution is 2.63. The van der Waals surface area contributed by atoms with Gasteiger partial charge in [0.1, 0.15) is 0 Å². The van der Waals surface area contributed by atoms with Gasteiger partial charge in [0.25, 0.3) is 0 Å². The Morgan fingerprint density at radius 3 is 2.50 bits per heavy atom. The van der Waals surface area contributed by atoms with E-state index in [0.29, 0.717) is 16.9 Å². The molecule has 0 saturated heterocycles. The van der Waals surface area contributed by atoms with Gasteiger partial charge in [0.05, 0.1) is 6.61 Å². The third-order valence-electron chi connectivity index (χ3n) is 4.53. The van der Waals surface area contributed by atoms with E-state index in [9.17, 15) is 0 Å². The Bertz CT molecular complexity index is 412. The van der Waals surface area contributed by atoms with Crippen LogP contribution in [0.4, 0.5) is 5.82 Å². The molecule has 0 bridgehead atoms. The smallest absolute Gasteiger partial charge is 0.169 e. The van der Waals surface area contributed by atoms with E-state index in [-0.39, 0.29) is 0 Å². The number of ether oxygens (including phenoxy) is 1. The largest absolute Gasteiger partial charge is 0.490 e. The average Bonchev–Trinajstić information content (AvgIpc) is 2.70. The normalized spacial score (nSPS) is 20.5. The van der Waals surface area contributed by atoms with Crippen LogP contribution < -0.4 is 10.1 Å². The summed E-state index contributed by atoms with van der Waals surface area (Å²) in [5.74, 6) is 1.73. The minimum atomic E-state index is 0.298. The van der Waals surface area contributed by atoms with E-state index >= 15 is 0 Å². The minimum Gasteiger partial charge on any atom is -0.490 e. The summed E-state index contributed by atoms with van der Waals surface area (Å²) in [7, 11) is 0. The van der Waals surface area contributed by atoms with Gasteiger partial charge < -0.3 is 10.1 Å². The summed E-state index contributed by atoms with van der Waals surface area (Å²) < 4.78 is 5.73. The Morgan fingerprint density at radius 1 is 1.28 bits per heavy atom. The number of nitrogens with zero attached hydrogens (tertiary/aromatic N) is 1. The Balaban J connectivity index is 2.11. The molecule has 1 aromatic heterocycles. The van der Waals surface area contributed by atoms with Crippen LogP contribution in [0.1, 0.15) is 41.0 Å². The summed E-state index contributed by atoms with van der Waals surface area (Å²) in [6, 6.07) is 4.34. The molecule has 0 amide bonds. The zero-order valence-electron chi connectivity index (χ0n) is 12.1. The van der Waals surface area contributed by atoms with Gasteiger partial charge in [-0.2, -0.15) is 0 Å². The van der Waals surface area contributed by atoms with Crippen molar-refractivity contribution in [3.8, 4) is 5.75 Å². The van der Waals surface area contributed by atoms with Gasteiger partial charge in [-0.25, -0.2) is 4.98 Å². The first kappa shape index (κ1) is 13.2. The second kappa shape index (κ2) is 4.45. The number of rotatable bonds is 5. The molecule has 0 unspecified atom stereocenters. The molecule has 1 N–H and O–H groups in total. The molecule has 0 spiro atoms. The van der Waals surface area contributed by atoms with Crippen molar-refractivity contribution in [2.24, 2.45) is 10.8 Å². The maximum atomic E-state index is 5.73. The number of pyridine rings is 1. The summed E-state index contributed by atoms with van der Waals surface area (Å²) in [5.41, 5.74) is 0.596. The third kappa shape index (κ3) is 2.06. The molecule has 3 nitrogen and oxygen atoms in total. The molecule has 100 valence electrons. The summed E-state index contributed by atoms with van der Waals surface area (Å²) in [5, 5.41) is 3.54. The molecule has 0 radical (unpaired) electrons. The highest BCUT2D eigenvalue weighted by atomic mass is 16.5. The maximum absolute atomic E-state index is 5.73. The van der Waals surface area contributed by atoms with Crippen molar-refractivity contribution in [2.75, 3.05) is 11.9 Å². The fourth-order valence-electron chi connectivity index (χ4n) is 2.52. The van der Waals surface area contributed by atoms with Gasteiger partial charge in [0.15, 0.2) is 11.6 Å². The molecule has 1 saturated carbocycles. The highest BCUT2D eigenvalue weighted by Gasteiger charge is 2.65. The number of hydrogen-bond donors (Lipinski definition) is 1. The van der Waals surface area contributed by atoms with Crippen molar-refractivity contribution in [3.63, 3.8) is 0 Å². The SMILES string of the molecule is CCCOc1cccnc1NC1C(C)(C)C1(C)C. The third-order valence-corrected chi connectivity index (χ3v) is 4.53. The molecule has 1 aliphatic rings.